The van der Waals surface area contributed by atoms with Gasteiger partial charge >= 0.3 is 0 Å². The second kappa shape index (κ2) is 7.64. The molecule has 2 atom stereocenters. The van der Waals surface area contributed by atoms with E-state index in [1.165, 1.54) is 11.1 Å². The minimum Gasteiger partial charge on any atom is -0.349 e. The van der Waals surface area contributed by atoms with Gasteiger partial charge in [-0.3, -0.25) is 0 Å². The van der Waals surface area contributed by atoms with E-state index in [4.69, 9.17) is 28.2 Å². The van der Waals surface area contributed by atoms with E-state index in [-0.39, 0.29) is 12.1 Å². The molecule has 5 heteroatoms. The van der Waals surface area contributed by atoms with Gasteiger partial charge in [-0.05, 0) is 53.3 Å². The lowest BCUT2D eigenvalue weighted by atomic mass is 9.91. The monoisotopic (exact) mass is 435 g/mol. The molecule has 30 heavy (non-hydrogen) atoms. The van der Waals surface area contributed by atoms with Crippen LogP contribution in [0, 0.1) is 0 Å². The predicted octanol–water partition coefficient (Wildman–Crippen LogP) is 7.61. The fourth-order valence-corrected chi connectivity index (χ4v) is 4.65. The summed E-state index contributed by atoms with van der Waals surface area (Å²) in [5, 5.41) is 4.78. The largest absolute Gasteiger partial charge is 0.349 e. The first kappa shape index (κ1) is 19.5. The normalized spacial score (nSPS) is 18.4. The number of rotatable bonds is 3. The third-order valence-electron chi connectivity index (χ3n) is 6.00. The number of halogens is 2. The number of imidazole rings is 1. The van der Waals surface area contributed by atoms with Gasteiger partial charge in [-0.15, -0.1) is 0 Å². The average Bonchev–Trinajstić information content (AvgIpc) is 3.13. The molecule has 0 amide bonds. The van der Waals surface area contributed by atoms with Crippen molar-refractivity contribution in [2.24, 2.45) is 0 Å². The Morgan fingerprint density at radius 1 is 0.933 bits per heavy atom. The molecule has 152 valence electrons. The number of benzene rings is 3. The first-order valence-corrected chi connectivity index (χ1v) is 11.0. The minimum absolute atomic E-state index is 0.0962. The lowest BCUT2D eigenvalue weighted by Crippen LogP contribution is -2.27. The maximum Gasteiger partial charge on any atom is 0.204 e. The number of para-hydroxylation sites is 2. The van der Waals surface area contributed by atoms with Gasteiger partial charge in [0, 0.05) is 0 Å². The summed E-state index contributed by atoms with van der Waals surface area (Å²) in [4.78, 5) is 4.88. The lowest BCUT2D eigenvalue weighted by Gasteiger charge is -2.34. The van der Waals surface area contributed by atoms with Crippen molar-refractivity contribution in [3.8, 4) is 0 Å². The standard InChI is InChI=1S/C25H23Cl2N3/c1-15(2)16-7-9-17(10-8-16)24-14-22(18-11-12-19(26)20(27)13-18)29-25-28-21-5-3-4-6-23(21)30(24)25/h3-13,15,22,24H,14H2,1-2H3,(H,28,29). The number of aromatic nitrogens is 2. The van der Waals surface area contributed by atoms with Gasteiger partial charge in [-0.2, -0.15) is 0 Å². The van der Waals surface area contributed by atoms with Crippen molar-refractivity contribution < 1.29 is 0 Å². The summed E-state index contributed by atoms with van der Waals surface area (Å²) in [6.07, 6.45) is 0.895. The zero-order valence-corrected chi connectivity index (χ0v) is 18.5. The molecule has 0 saturated carbocycles. The molecule has 4 aromatic rings. The molecule has 3 aromatic carbocycles. The fourth-order valence-electron chi connectivity index (χ4n) is 4.34. The van der Waals surface area contributed by atoms with Crippen molar-refractivity contribution in [1.29, 1.82) is 0 Å². The Hall–Kier alpha value is -2.49. The smallest absolute Gasteiger partial charge is 0.204 e. The molecule has 2 unspecified atom stereocenters. The van der Waals surface area contributed by atoms with Gasteiger partial charge in [0.05, 0.1) is 33.2 Å². The van der Waals surface area contributed by atoms with Crippen molar-refractivity contribution >= 4 is 40.2 Å². The van der Waals surface area contributed by atoms with Crippen molar-refractivity contribution in [3.05, 3.63) is 93.5 Å². The maximum absolute atomic E-state index is 6.32. The van der Waals surface area contributed by atoms with Gasteiger partial charge in [-0.1, -0.05) is 79.5 Å². The molecule has 2 heterocycles. The number of hydrogen-bond acceptors (Lipinski definition) is 2. The molecule has 0 aliphatic carbocycles. The first-order valence-electron chi connectivity index (χ1n) is 10.3. The molecule has 1 N–H and O–H groups in total. The number of nitrogens with zero attached hydrogens (tertiary/aromatic N) is 2. The van der Waals surface area contributed by atoms with Crippen molar-refractivity contribution in [3.63, 3.8) is 0 Å². The van der Waals surface area contributed by atoms with Crippen LogP contribution in [0.25, 0.3) is 11.0 Å². The average molecular weight is 436 g/mol. The second-order valence-corrected chi connectivity index (χ2v) is 9.05. The summed E-state index contributed by atoms with van der Waals surface area (Å²) in [5.41, 5.74) is 5.90. The maximum atomic E-state index is 6.32. The van der Waals surface area contributed by atoms with Crippen molar-refractivity contribution in [1.82, 2.24) is 9.55 Å². The zero-order chi connectivity index (χ0) is 20.8. The van der Waals surface area contributed by atoms with Crippen LogP contribution in [0.3, 0.4) is 0 Å². The molecule has 3 nitrogen and oxygen atoms in total. The van der Waals surface area contributed by atoms with Crippen LogP contribution in [0.5, 0.6) is 0 Å². The third kappa shape index (κ3) is 3.36. The Balaban J connectivity index is 1.62. The zero-order valence-electron chi connectivity index (χ0n) is 16.9. The summed E-state index contributed by atoms with van der Waals surface area (Å²) in [6.45, 7) is 4.45. The molecule has 1 aliphatic heterocycles. The lowest BCUT2D eigenvalue weighted by molar-refractivity contribution is 0.477. The van der Waals surface area contributed by atoms with Crippen LogP contribution in [-0.4, -0.2) is 9.55 Å². The molecule has 0 fully saturated rings. The van der Waals surface area contributed by atoms with E-state index in [2.05, 4.69) is 66.2 Å². The number of fused-ring (bicyclic) bond motifs is 3. The Morgan fingerprint density at radius 2 is 1.67 bits per heavy atom. The van der Waals surface area contributed by atoms with Gasteiger partial charge < -0.3 is 9.88 Å². The van der Waals surface area contributed by atoms with Crippen molar-refractivity contribution in [2.75, 3.05) is 5.32 Å². The van der Waals surface area contributed by atoms with Crippen LogP contribution in [0.4, 0.5) is 5.95 Å². The molecule has 1 aliphatic rings. The highest BCUT2D eigenvalue weighted by Gasteiger charge is 2.31. The summed E-state index contributed by atoms with van der Waals surface area (Å²) in [7, 11) is 0. The van der Waals surface area contributed by atoms with Gasteiger partial charge in [-0.25, -0.2) is 4.98 Å². The molecule has 0 radical (unpaired) electrons. The molecule has 0 bridgehead atoms. The van der Waals surface area contributed by atoms with Crippen LogP contribution in [0.2, 0.25) is 10.0 Å². The van der Waals surface area contributed by atoms with E-state index in [0.29, 0.717) is 16.0 Å². The van der Waals surface area contributed by atoms with Crippen LogP contribution in [0.15, 0.2) is 66.7 Å². The van der Waals surface area contributed by atoms with Crippen LogP contribution >= 0.6 is 23.2 Å². The van der Waals surface area contributed by atoms with E-state index in [1.54, 1.807) is 0 Å². The van der Waals surface area contributed by atoms with E-state index in [0.717, 1.165) is 29.0 Å². The van der Waals surface area contributed by atoms with E-state index in [9.17, 15) is 0 Å². The highest BCUT2D eigenvalue weighted by atomic mass is 35.5. The van der Waals surface area contributed by atoms with Gasteiger partial charge in [0.25, 0.3) is 0 Å². The minimum atomic E-state index is 0.0962. The van der Waals surface area contributed by atoms with Gasteiger partial charge in [0.1, 0.15) is 0 Å². The summed E-state index contributed by atoms with van der Waals surface area (Å²) in [5.74, 6) is 1.40. The topological polar surface area (TPSA) is 29.9 Å². The molecule has 5 rings (SSSR count). The third-order valence-corrected chi connectivity index (χ3v) is 6.74. The second-order valence-electron chi connectivity index (χ2n) is 8.24. The first-order chi connectivity index (χ1) is 14.5. The quantitative estimate of drug-likeness (QED) is 0.358. The summed E-state index contributed by atoms with van der Waals surface area (Å²) < 4.78 is 2.33. The van der Waals surface area contributed by atoms with E-state index < -0.39 is 0 Å². The van der Waals surface area contributed by atoms with E-state index >= 15 is 0 Å². The molecule has 0 spiro atoms. The SMILES string of the molecule is CC(C)c1ccc(C2CC(c3ccc(Cl)c(Cl)c3)Nc3nc4ccccc4n32)cc1. The molecular formula is C25H23Cl2N3. The van der Waals surface area contributed by atoms with Crippen molar-refractivity contribution in [2.45, 2.75) is 38.3 Å². The summed E-state index contributed by atoms with van der Waals surface area (Å²) >= 11 is 12.5. The highest BCUT2D eigenvalue weighted by Crippen LogP contribution is 2.42. The Bertz CT molecular complexity index is 1210. The Kier molecular flexibility index (Phi) is 4.96. The van der Waals surface area contributed by atoms with Crippen LogP contribution in [0.1, 0.15) is 55.0 Å². The van der Waals surface area contributed by atoms with E-state index in [1.807, 2.05) is 24.3 Å². The number of hydrogen-bond donors (Lipinski definition) is 1. The number of anilines is 1. The van der Waals surface area contributed by atoms with Gasteiger partial charge in [0.2, 0.25) is 5.95 Å². The predicted molar refractivity (Wildman–Crippen MR) is 126 cm³/mol. The highest BCUT2D eigenvalue weighted by molar-refractivity contribution is 6.42. The van der Waals surface area contributed by atoms with Gasteiger partial charge in [0.15, 0.2) is 0 Å². The number of nitrogens with one attached hydrogen (secondary N) is 1. The van der Waals surface area contributed by atoms with Crippen LogP contribution in [-0.2, 0) is 0 Å². The molecule has 0 saturated heterocycles. The summed E-state index contributed by atoms with van der Waals surface area (Å²) in [6, 6.07) is 23.5. The van der Waals surface area contributed by atoms with Crippen LogP contribution < -0.4 is 5.32 Å². The Labute approximate surface area is 186 Å². The molecule has 1 aromatic heterocycles. The fraction of sp³-hybridized carbons (Fsp3) is 0.240. The molecular weight excluding hydrogens is 413 g/mol. The Morgan fingerprint density at radius 3 is 2.40 bits per heavy atom.